The van der Waals surface area contributed by atoms with Gasteiger partial charge < -0.3 is 9.64 Å². The molecule has 2 heterocycles. The first-order valence-corrected chi connectivity index (χ1v) is 9.72. The highest BCUT2D eigenvalue weighted by molar-refractivity contribution is 5.79. The lowest BCUT2D eigenvalue weighted by atomic mass is 10.1. The molecular weight excluding hydrogens is 371 g/mol. The molecule has 0 bridgehead atoms. The highest BCUT2D eigenvalue weighted by Gasteiger charge is 2.28. The van der Waals surface area contributed by atoms with Crippen LogP contribution in [0.1, 0.15) is 29.3 Å². The SMILES string of the molecule is O=C(Cc1cccc(F)c1)N1CCC(n2cc(COCc3ccccc3)nn2)C1. The van der Waals surface area contributed by atoms with Crippen molar-refractivity contribution in [2.24, 2.45) is 0 Å². The minimum Gasteiger partial charge on any atom is -0.370 e. The number of hydrogen-bond donors (Lipinski definition) is 0. The van der Waals surface area contributed by atoms with Crippen LogP contribution in [0, 0.1) is 5.82 Å². The number of ether oxygens (including phenoxy) is 1. The van der Waals surface area contributed by atoms with Crippen molar-refractivity contribution >= 4 is 5.91 Å². The van der Waals surface area contributed by atoms with E-state index in [4.69, 9.17) is 4.74 Å². The Morgan fingerprint density at radius 3 is 2.76 bits per heavy atom. The molecule has 1 amide bonds. The molecule has 0 saturated carbocycles. The van der Waals surface area contributed by atoms with E-state index in [9.17, 15) is 9.18 Å². The molecule has 2 aromatic carbocycles. The lowest BCUT2D eigenvalue weighted by Gasteiger charge is -2.16. The summed E-state index contributed by atoms with van der Waals surface area (Å²) in [4.78, 5) is 14.3. The summed E-state index contributed by atoms with van der Waals surface area (Å²) in [5.41, 5.74) is 2.57. The first-order chi connectivity index (χ1) is 14.2. The number of carbonyl (C=O) groups is 1. The Kier molecular flexibility index (Phi) is 5.95. The number of amides is 1. The quantitative estimate of drug-likeness (QED) is 0.618. The Morgan fingerprint density at radius 1 is 1.10 bits per heavy atom. The van der Waals surface area contributed by atoms with Gasteiger partial charge in [0.05, 0.1) is 31.9 Å². The highest BCUT2D eigenvalue weighted by atomic mass is 19.1. The zero-order chi connectivity index (χ0) is 20.1. The number of carbonyl (C=O) groups excluding carboxylic acids is 1. The average molecular weight is 394 g/mol. The topological polar surface area (TPSA) is 60.2 Å². The normalized spacial score (nSPS) is 16.3. The van der Waals surface area contributed by atoms with Gasteiger partial charge in [-0.25, -0.2) is 9.07 Å². The van der Waals surface area contributed by atoms with Crippen LogP contribution in [0.5, 0.6) is 0 Å². The van der Waals surface area contributed by atoms with Crippen LogP contribution in [0.2, 0.25) is 0 Å². The van der Waals surface area contributed by atoms with Gasteiger partial charge in [0, 0.05) is 13.1 Å². The summed E-state index contributed by atoms with van der Waals surface area (Å²) in [5.74, 6) is -0.316. The smallest absolute Gasteiger partial charge is 0.227 e. The Labute approximate surface area is 168 Å². The molecule has 0 spiro atoms. The number of benzene rings is 2. The molecule has 150 valence electrons. The molecule has 1 saturated heterocycles. The third kappa shape index (κ3) is 5.06. The third-order valence-corrected chi connectivity index (χ3v) is 5.05. The molecule has 4 rings (SSSR count). The van der Waals surface area contributed by atoms with E-state index in [-0.39, 0.29) is 24.2 Å². The average Bonchev–Trinajstić information content (AvgIpc) is 3.38. The summed E-state index contributed by atoms with van der Waals surface area (Å²) in [6, 6.07) is 16.3. The molecular formula is C22H23FN4O2. The van der Waals surface area contributed by atoms with Gasteiger partial charge in [-0.3, -0.25) is 4.79 Å². The standard InChI is InChI=1S/C22H23FN4O2/c23-19-8-4-7-18(11-19)12-22(28)26-10-9-21(14-26)27-13-20(24-25-27)16-29-15-17-5-2-1-3-6-17/h1-8,11,13,21H,9-10,12,14-16H2. The van der Waals surface area contributed by atoms with Crippen LogP contribution in [0.3, 0.4) is 0 Å². The van der Waals surface area contributed by atoms with Gasteiger partial charge in [0.25, 0.3) is 0 Å². The largest absolute Gasteiger partial charge is 0.370 e. The van der Waals surface area contributed by atoms with E-state index in [2.05, 4.69) is 10.3 Å². The third-order valence-electron chi connectivity index (χ3n) is 5.05. The van der Waals surface area contributed by atoms with Crippen LogP contribution < -0.4 is 0 Å². The van der Waals surface area contributed by atoms with E-state index in [1.54, 1.807) is 12.1 Å². The van der Waals surface area contributed by atoms with E-state index < -0.39 is 0 Å². The molecule has 0 radical (unpaired) electrons. The molecule has 1 unspecified atom stereocenters. The summed E-state index contributed by atoms with van der Waals surface area (Å²) in [6.07, 6.45) is 2.92. The summed E-state index contributed by atoms with van der Waals surface area (Å²) in [7, 11) is 0. The fraction of sp³-hybridized carbons (Fsp3) is 0.318. The Hall–Kier alpha value is -3.06. The predicted octanol–water partition coefficient (Wildman–Crippen LogP) is 3.15. The molecule has 1 fully saturated rings. The van der Waals surface area contributed by atoms with Crippen molar-refractivity contribution in [2.75, 3.05) is 13.1 Å². The van der Waals surface area contributed by atoms with Gasteiger partial charge in [0.1, 0.15) is 11.5 Å². The Morgan fingerprint density at radius 2 is 1.93 bits per heavy atom. The van der Waals surface area contributed by atoms with Gasteiger partial charge in [-0.2, -0.15) is 0 Å². The van der Waals surface area contributed by atoms with Crippen LogP contribution in [-0.2, 0) is 29.2 Å². The van der Waals surface area contributed by atoms with E-state index in [0.29, 0.717) is 31.9 Å². The Bertz CT molecular complexity index is 960. The molecule has 1 atom stereocenters. The number of hydrogen-bond acceptors (Lipinski definition) is 4. The van der Waals surface area contributed by atoms with Crippen molar-refractivity contribution in [1.29, 1.82) is 0 Å². The number of halogens is 1. The van der Waals surface area contributed by atoms with Crippen molar-refractivity contribution in [3.05, 3.63) is 83.4 Å². The molecule has 1 aromatic heterocycles. The van der Waals surface area contributed by atoms with Gasteiger partial charge in [0.2, 0.25) is 5.91 Å². The van der Waals surface area contributed by atoms with Crippen LogP contribution in [0.15, 0.2) is 60.8 Å². The van der Waals surface area contributed by atoms with Crippen molar-refractivity contribution < 1.29 is 13.9 Å². The van der Waals surface area contributed by atoms with E-state index in [1.807, 2.05) is 46.1 Å². The first kappa shape index (κ1) is 19.3. The molecule has 1 aliphatic heterocycles. The summed E-state index contributed by atoms with van der Waals surface area (Å²) in [6.45, 7) is 2.17. The molecule has 3 aromatic rings. The fourth-order valence-corrected chi connectivity index (χ4v) is 3.52. The minimum atomic E-state index is -0.320. The van der Waals surface area contributed by atoms with Gasteiger partial charge in [0.15, 0.2) is 0 Å². The minimum absolute atomic E-state index is 0.00429. The van der Waals surface area contributed by atoms with Crippen LogP contribution >= 0.6 is 0 Å². The van der Waals surface area contributed by atoms with E-state index in [1.165, 1.54) is 12.1 Å². The molecule has 0 aliphatic carbocycles. The summed E-state index contributed by atoms with van der Waals surface area (Å²) >= 11 is 0. The van der Waals surface area contributed by atoms with Crippen LogP contribution in [0.25, 0.3) is 0 Å². The maximum Gasteiger partial charge on any atom is 0.227 e. The van der Waals surface area contributed by atoms with Gasteiger partial charge >= 0.3 is 0 Å². The van der Waals surface area contributed by atoms with Gasteiger partial charge in [-0.1, -0.05) is 47.7 Å². The van der Waals surface area contributed by atoms with Crippen molar-refractivity contribution in [1.82, 2.24) is 19.9 Å². The second-order valence-corrected chi connectivity index (χ2v) is 7.26. The number of aromatic nitrogens is 3. The molecule has 6 nitrogen and oxygen atoms in total. The van der Waals surface area contributed by atoms with E-state index >= 15 is 0 Å². The van der Waals surface area contributed by atoms with Crippen molar-refractivity contribution in [3.63, 3.8) is 0 Å². The summed E-state index contributed by atoms with van der Waals surface area (Å²) in [5, 5.41) is 8.39. The number of nitrogens with zero attached hydrogens (tertiary/aromatic N) is 4. The number of likely N-dealkylation sites (tertiary alicyclic amines) is 1. The second-order valence-electron chi connectivity index (χ2n) is 7.26. The maximum absolute atomic E-state index is 13.3. The zero-order valence-electron chi connectivity index (χ0n) is 16.1. The van der Waals surface area contributed by atoms with Gasteiger partial charge in [-0.05, 0) is 29.7 Å². The predicted molar refractivity (Wildman–Crippen MR) is 105 cm³/mol. The number of rotatable bonds is 7. The van der Waals surface area contributed by atoms with Crippen molar-refractivity contribution in [2.45, 2.75) is 32.1 Å². The lowest BCUT2D eigenvalue weighted by molar-refractivity contribution is -0.129. The highest BCUT2D eigenvalue weighted by Crippen LogP contribution is 2.22. The van der Waals surface area contributed by atoms with Crippen molar-refractivity contribution in [3.8, 4) is 0 Å². The second kappa shape index (κ2) is 8.96. The molecule has 0 N–H and O–H groups in total. The van der Waals surface area contributed by atoms with Gasteiger partial charge in [-0.15, -0.1) is 5.10 Å². The van der Waals surface area contributed by atoms with Crippen LogP contribution in [-0.4, -0.2) is 38.9 Å². The first-order valence-electron chi connectivity index (χ1n) is 9.72. The Balaban J connectivity index is 1.27. The zero-order valence-corrected chi connectivity index (χ0v) is 16.1. The maximum atomic E-state index is 13.3. The van der Waals surface area contributed by atoms with Crippen LogP contribution in [0.4, 0.5) is 4.39 Å². The monoisotopic (exact) mass is 394 g/mol. The van der Waals surface area contributed by atoms with E-state index in [0.717, 1.165) is 17.7 Å². The molecule has 1 aliphatic rings. The lowest BCUT2D eigenvalue weighted by Crippen LogP contribution is -2.30. The fourth-order valence-electron chi connectivity index (χ4n) is 3.52. The molecule has 29 heavy (non-hydrogen) atoms. The summed E-state index contributed by atoms with van der Waals surface area (Å²) < 4.78 is 20.8. The molecule has 7 heteroatoms.